The number of phenolic OH excluding ortho intramolecular Hbond substituents is 1. The third-order valence-corrected chi connectivity index (χ3v) is 6.46. The Bertz CT molecular complexity index is 1160. The first-order chi connectivity index (χ1) is 16.0. The van der Waals surface area contributed by atoms with Gasteiger partial charge in [-0.2, -0.15) is 13.2 Å². The lowest BCUT2D eigenvalue weighted by molar-refractivity contribution is -0.138. The SMILES string of the molecule is O=C(O)CCCCCN1C(=O)C(=Cc2cccc(-c3cc(C(F)(F)F)ccc3F)c2O)SC1=S. The van der Waals surface area contributed by atoms with Crippen molar-refractivity contribution in [3.05, 3.63) is 58.2 Å². The molecule has 0 bridgehead atoms. The van der Waals surface area contributed by atoms with Gasteiger partial charge in [0.15, 0.2) is 0 Å². The van der Waals surface area contributed by atoms with Crippen molar-refractivity contribution in [1.82, 2.24) is 4.90 Å². The van der Waals surface area contributed by atoms with E-state index in [1.54, 1.807) is 0 Å². The summed E-state index contributed by atoms with van der Waals surface area (Å²) >= 11 is 6.25. The molecule has 1 aliphatic rings. The number of carbonyl (C=O) groups excluding carboxylic acids is 1. The van der Waals surface area contributed by atoms with E-state index in [2.05, 4.69) is 0 Å². The molecule has 1 aliphatic heterocycles. The van der Waals surface area contributed by atoms with Crippen LogP contribution in [0.4, 0.5) is 17.6 Å². The first-order valence-corrected chi connectivity index (χ1v) is 11.4. The summed E-state index contributed by atoms with van der Waals surface area (Å²) in [5, 5.41) is 19.4. The number of para-hydroxylation sites is 1. The minimum Gasteiger partial charge on any atom is -0.507 e. The Hall–Kier alpha value is -2.92. The fraction of sp³-hybridized carbons (Fsp3) is 0.261. The van der Waals surface area contributed by atoms with Gasteiger partial charge in [-0.25, -0.2) is 4.39 Å². The highest BCUT2D eigenvalue weighted by molar-refractivity contribution is 8.26. The number of amides is 1. The van der Waals surface area contributed by atoms with Crippen molar-refractivity contribution in [2.75, 3.05) is 6.54 Å². The van der Waals surface area contributed by atoms with Gasteiger partial charge in [-0.3, -0.25) is 14.5 Å². The van der Waals surface area contributed by atoms with Gasteiger partial charge in [0.25, 0.3) is 5.91 Å². The zero-order valence-electron chi connectivity index (χ0n) is 17.6. The van der Waals surface area contributed by atoms with E-state index in [1.165, 1.54) is 29.2 Å². The molecule has 1 saturated heterocycles. The Morgan fingerprint density at radius 3 is 2.53 bits per heavy atom. The Labute approximate surface area is 202 Å². The molecule has 0 spiro atoms. The highest BCUT2D eigenvalue weighted by Gasteiger charge is 2.33. The molecule has 3 rings (SSSR count). The van der Waals surface area contributed by atoms with E-state index in [9.17, 15) is 32.3 Å². The number of alkyl halides is 3. The van der Waals surface area contributed by atoms with E-state index in [1.807, 2.05) is 0 Å². The van der Waals surface area contributed by atoms with Gasteiger partial charge >= 0.3 is 12.1 Å². The molecule has 2 N–H and O–H groups in total. The summed E-state index contributed by atoms with van der Waals surface area (Å²) in [6.07, 6.45) is -1.64. The van der Waals surface area contributed by atoms with Gasteiger partial charge in [0.2, 0.25) is 0 Å². The van der Waals surface area contributed by atoms with E-state index in [-0.39, 0.29) is 22.5 Å². The van der Waals surface area contributed by atoms with E-state index >= 15 is 0 Å². The first kappa shape index (κ1) is 25.7. The molecule has 0 aromatic heterocycles. The maximum atomic E-state index is 14.3. The molecule has 0 atom stereocenters. The molecule has 34 heavy (non-hydrogen) atoms. The van der Waals surface area contributed by atoms with Gasteiger partial charge in [-0.05, 0) is 37.1 Å². The van der Waals surface area contributed by atoms with Gasteiger partial charge in [0, 0.05) is 29.7 Å². The summed E-state index contributed by atoms with van der Waals surface area (Å²) in [5.41, 5.74) is -1.50. The minimum absolute atomic E-state index is 0.0420. The smallest absolute Gasteiger partial charge is 0.416 e. The monoisotopic (exact) mass is 513 g/mol. The quantitative estimate of drug-likeness (QED) is 0.193. The molecule has 5 nitrogen and oxygen atoms in total. The fourth-order valence-electron chi connectivity index (χ4n) is 3.36. The van der Waals surface area contributed by atoms with Crippen molar-refractivity contribution in [2.45, 2.75) is 31.9 Å². The van der Waals surface area contributed by atoms with Crippen LogP contribution in [0, 0.1) is 5.82 Å². The van der Waals surface area contributed by atoms with Crippen LogP contribution in [-0.4, -0.2) is 37.9 Å². The van der Waals surface area contributed by atoms with Crippen LogP contribution in [0.25, 0.3) is 17.2 Å². The van der Waals surface area contributed by atoms with Crippen LogP contribution in [0.3, 0.4) is 0 Å². The van der Waals surface area contributed by atoms with Gasteiger partial charge in [-0.15, -0.1) is 0 Å². The van der Waals surface area contributed by atoms with Crippen LogP contribution in [0.1, 0.15) is 36.8 Å². The van der Waals surface area contributed by atoms with Crippen LogP contribution in [0.5, 0.6) is 5.75 Å². The zero-order valence-corrected chi connectivity index (χ0v) is 19.2. The summed E-state index contributed by atoms with van der Waals surface area (Å²) in [5.74, 6) is -2.70. The summed E-state index contributed by atoms with van der Waals surface area (Å²) < 4.78 is 53.8. The maximum absolute atomic E-state index is 14.3. The standard InChI is InChI=1S/C23H19F4NO4S2/c24-17-9-8-14(23(25,26)27)12-16(17)15-6-4-5-13(20(15)31)11-18-21(32)28(22(33)34-18)10-3-1-2-7-19(29)30/h4-6,8-9,11-12,31H,1-3,7,10H2,(H,29,30). The number of hydrogen-bond acceptors (Lipinski definition) is 5. The maximum Gasteiger partial charge on any atom is 0.416 e. The van der Waals surface area contributed by atoms with Crippen molar-refractivity contribution < 1.29 is 37.4 Å². The Kier molecular flexibility index (Phi) is 7.98. The predicted octanol–water partition coefficient (Wildman–Crippen LogP) is 6.06. The number of thioether (sulfide) groups is 1. The lowest BCUT2D eigenvalue weighted by Gasteiger charge is -2.14. The van der Waals surface area contributed by atoms with Crippen molar-refractivity contribution >= 4 is 46.3 Å². The number of carbonyl (C=O) groups is 2. The molecule has 1 amide bonds. The summed E-state index contributed by atoms with van der Waals surface area (Å²) in [7, 11) is 0. The summed E-state index contributed by atoms with van der Waals surface area (Å²) in [6.45, 7) is 0.309. The largest absolute Gasteiger partial charge is 0.507 e. The molecule has 0 aliphatic carbocycles. The van der Waals surface area contributed by atoms with Crippen molar-refractivity contribution in [3.63, 3.8) is 0 Å². The minimum atomic E-state index is -4.68. The number of halogens is 4. The van der Waals surface area contributed by atoms with Crippen LogP contribution < -0.4 is 0 Å². The first-order valence-electron chi connectivity index (χ1n) is 10.2. The van der Waals surface area contributed by atoms with Crippen molar-refractivity contribution in [3.8, 4) is 16.9 Å². The Morgan fingerprint density at radius 1 is 1.12 bits per heavy atom. The fourth-order valence-corrected chi connectivity index (χ4v) is 4.66. The number of hydrogen-bond donors (Lipinski definition) is 2. The summed E-state index contributed by atoms with van der Waals surface area (Å²) in [4.78, 5) is 24.9. The number of unbranched alkanes of at least 4 members (excludes halogenated alkanes) is 2. The van der Waals surface area contributed by atoms with Crippen LogP contribution in [0.15, 0.2) is 41.3 Å². The number of benzene rings is 2. The topological polar surface area (TPSA) is 77.8 Å². The number of rotatable bonds is 8. The number of aliphatic carboxylic acids is 1. The molecular formula is C23H19F4NO4S2. The molecule has 180 valence electrons. The van der Waals surface area contributed by atoms with E-state index < -0.39 is 40.7 Å². The van der Waals surface area contributed by atoms with Gasteiger partial charge in [0.05, 0.1) is 10.5 Å². The lowest BCUT2D eigenvalue weighted by Crippen LogP contribution is -2.29. The van der Waals surface area contributed by atoms with Crippen LogP contribution >= 0.6 is 24.0 Å². The van der Waals surface area contributed by atoms with Crippen LogP contribution in [0.2, 0.25) is 0 Å². The second-order valence-electron chi connectivity index (χ2n) is 7.47. The zero-order chi connectivity index (χ0) is 25.0. The number of carboxylic acid groups (broad SMARTS) is 1. The van der Waals surface area contributed by atoms with Gasteiger partial charge in [0.1, 0.15) is 15.9 Å². The van der Waals surface area contributed by atoms with E-state index in [4.69, 9.17) is 17.3 Å². The highest BCUT2D eigenvalue weighted by atomic mass is 32.2. The van der Waals surface area contributed by atoms with Gasteiger partial charge < -0.3 is 10.2 Å². The lowest BCUT2D eigenvalue weighted by atomic mass is 9.98. The molecule has 11 heteroatoms. The third-order valence-electron chi connectivity index (χ3n) is 5.08. The second-order valence-corrected chi connectivity index (χ2v) is 9.15. The molecular weight excluding hydrogens is 494 g/mol. The van der Waals surface area contributed by atoms with Crippen molar-refractivity contribution in [1.29, 1.82) is 0 Å². The van der Waals surface area contributed by atoms with E-state index in [0.29, 0.717) is 48.3 Å². The molecule has 0 radical (unpaired) electrons. The normalized spacial score (nSPS) is 15.4. The van der Waals surface area contributed by atoms with E-state index in [0.717, 1.165) is 11.8 Å². The van der Waals surface area contributed by atoms with Crippen LogP contribution in [-0.2, 0) is 15.8 Å². The number of aromatic hydroxyl groups is 1. The average molecular weight is 514 g/mol. The molecule has 2 aromatic carbocycles. The molecule has 1 fully saturated rings. The molecule has 0 unspecified atom stereocenters. The molecule has 0 saturated carbocycles. The summed E-state index contributed by atoms with van der Waals surface area (Å²) in [6, 6.07) is 6.09. The highest BCUT2D eigenvalue weighted by Crippen LogP contribution is 2.40. The number of carboxylic acids is 1. The number of phenols is 1. The van der Waals surface area contributed by atoms with Crippen molar-refractivity contribution in [2.24, 2.45) is 0 Å². The number of nitrogens with zero attached hydrogens (tertiary/aromatic N) is 1. The third kappa shape index (κ3) is 5.95. The van der Waals surface area contributed by atoms with Gasteiger partial charge in [-0.1, -0.05) is 48.6 Å². The second kappa shape index (κ2) is 10.6. The average Bonchev–Trinajstić information content (AvgIpc) is 3.01. The Morgan fingerprint density at radius 2 is 1.85 bits per heavy atom. The molecule has 1 heterocycles. The molecule has 2 aromatic rings. The predicted molar refractivity (Wildman–Crippen MR) is 124 cm³/mol. The Balaban J connectivity index is 1.83. The number of thiocarbonyl (C=S) groups is 1.